The molecule has 9 nitrogen and oxygen atoms in total. The molecule has 0 bridgehead atoms. The van der Waals surface area contributed by atoms with Crippen molar-refractivity contribution < 1.29 is 28.4 Å². The number of nitrogens with zero attached hydrogens (tertiary/aromatic N) is 3. The van der Waals surface area contributed by atoms with Gasteiger partial charge in [-0.05, 0) is 155 Å². The Labute approximate surface area is 363 Å². The number of ether oxygens (including phenoxy) is 6. The summed E-state index contributed by atoms with van der Waals surface area (Å²) in [6, 6.07) is 30.3. The van der Waals surface area contributed by atoms with Crippen LogP contribution in [0.3, 0.4) is 0 Å². The van der Waals surface area contributed by atoms with Crippen LogP contribution in [0.4, 0.5) is 0 Å². The predicted molar refractivity (Wildman–Crippen MR) is 246 cm³/mol. The largest absolute Gasteiger partial charge is 0.488 e. The summed E-state index contributed by atoms with van der Waals surface area (Å²) in [5, 5.41) is 3.17. The lowest BCUT2D eigenvalue weighted by molar-refractivity contribution is -0.180. The van der Waals surface area contributed by atoms with Crippen LogP contribution in [0.1, 0.15) is 108 Å². The molecule has 0 saturated carbocycles. The number of rotatable bonds is 21. The molecule has 0 aliphatic rings. The highest BCUT2D eigenvalue weighted by molar-refractivity contribution is 5.81. The second-order valence-corrected chi connectivity index (χ2v) is 20.0. The molecule has 6 aromatic rings. The number of pyridine rings is 3. The van der Waals surface area contributed by atoms with Gasteiger partial charge in [0.15, 0.2) is 0 Å². The minimum atomic E-state index is -0.634. The maximum Gasteiger partial charge on any atom is 0.127 e. The van der Waals surface area contributed by atoms with Crippen LogP contribution < -0.4 is 9.47 Å². The highest BCUT2D eigenvalue weighted by Crippen LogP contribution is 2.34. The molecule has 1 atom stereocenters. The van der Waals surface area contributed by atoms with Crippen LogP contribution in [0.25, 0.3) is 32.7 Å². The van der Waals surface area contributed by atoms with Crippen molar-refractivity contribution in [2.24, 2.45) is 0 Å². The number of aromatic nitrogens is 3. The Morgan fingerprint density at radius 3 is 1.46 bits per heavy atom. The lowest BCUT2D eigenvalue weighted by Gasteiger charge is -2.41. The molecule has 9 heteroatoms. The minimum absolute atomic E-state index is 0.231. The van der Waals surface area contributed by atoms with E-state index in [2.05, 4.69) is 128 Å². The second kappa shape index (κ2) is 18.4. The standard InChI is InChI=1S/C52H67N3O6/c1-47(2,59-41-20-23-45-38(31-41)17-14-27-54-45)25-29-56-48(3,4)33-43(61-51(9,10)36-58-52(11,12)40-19-22-44-37(30-40)16-13-26-53-44)34-49(5,6)57-35-50(7,8)60-42-21-24-46-39(32-42)18-15-28-55-46/h13-24,26-28,30-32,43H,25,29,33-36H2,1-12H3. The van der Waals surface area contributed by atoms with Gasteiger partial charge in [-0.3, -0.25) is 15.0 Å². The average molecular weight is 830 g/mol. The van der Waals surface area contributed by atoms with E-state index < -0.39 is 33.6 Å². The maximum atomic E-state index is 7.08. The summed E-state index contributed by atoms with van der Waals surface area (Å²) in [6.45, 7) is 26.5. The number of fused-ring (bicyclic) bond motifs is 3. The molecule has 0 radical (unpaired) electrons. The molecule has 1 unspecified atom stereocenters. The monoisotopic (exact) mass is 830 g/mol. The topological polar surface area (TPSA) is 94.1 Å². The Hall–Kier alpha value is -4.67. The Balaban J connectivity index is 1.11. The van der Waals surface area contributed by atoms with E-state index in [4.69, 9.17) is 28.4 Å². The fourth-order valence-electron chi connectivity index (χ4n) is 7.64. The fraction of sp³-hybridized carbons (Fsp3) is 0.481. The minimum Gasteiger partial charge on any atom is -0.488 e. The zero-order valence-electron chi connectivity index (χ0n) is 38.5. The molecule has 3 heterocycles. The van der Waals surface area contributed by atoms with Gasteiger partial charge in [0.05, 0.1) is 64.9 Å². The number of hydrogen-bond donors (Lipinski definition) is 0. The Bertz CT molecular complexity index is 2390. The summed E-state index contributed by atoms with van der Waals surface area (Å²) < 4.78 is 40.1. The normalized spacial score (nSPS) is 13.8. The van der Waals surface area contributed by atoms with Crippen molar-refractivity contribution >= 4 is 32.7 Å². The van der Waals surface area contributed by atoms with Crippen LogP contribution in [-0.2, 0) is 24.5 Å². The van der Waals surface area contributed by atoms with Crippen LogP contribution in [0.2, 0.25) is 0 Å². The Morgan fingerprint density at radius 2 is 0.918 bits per heavy atom. The van der Waals surface area contributed by atoms with E-state index in [0.717, 1.165) is 49.8 Å². The van der Waals surface area contributed by atoms with Crippen molar-refractivity contribution in [3.63, 3.8) is 0 Å². The van der Waals surface area contributed by atoms with Gasteiger partial charge in [-0.25, -0.2) is 0 Å². The predicted octanol–water partition coefficient (Wildman–Crippen LogP) is 12.2. The number of benzene rings is 3. The molecule has 61 heavy (non-hydrogen) atoms. The van der Waals surface area contributed by atoms with Gasteiger partial charge in [-0.2, -0.15) is 0 Å². The molecular formula is C52H67N3O6. The highest BCUT2D eigenvalue weighted by atomic mass is 16.6. The van der Waals surface area contributed by atoms with Crippen LogP contribution in [-0.4, -0.2) is 68.9 Å². The zero-order chi connectivity index (χ0) is 44.1. The van der Waals surface area contributed by atoms with Crippen molar-refractivity contribution in [1.29, 1.82) is 0 Å². The third-order valence-corrected chi connectivity index (χ3v) is 10.9. The van der Waals surface area contributed by atoms with Crippen molar-refractivity contribution in [2.75, 3.05) is 19.8 Å². The molecule has 0 fully saturated rings. The molecule has 0 spiro atoms. The fourth-order valence-corrected chi connectivity index (χ4v) is 7.64. The van der Waals surface area contributed by atoms with Gasteiger partial charge < -0.3 is 28.4 Å². The average Bonchev–Trinajstić information content (AvgIpc) is 3.18. The quantitative estimate of drug-likeness (QED) is 0.0703. The van der Waals surface area contributed by atoms with Crippen molar-refractivity contribution in [1.82, 2.24) is 15.0 Å². The molecule has 0 aliphatic heterocycles. The van der Waals surface area contributed by atoms with E-state index in [1.807, 2.05) is 66.9 Å². The van der Waals surface area contributed by atoms with Gasteiger partial charge in [0.1, 0.15) is 22.7 Å². The molecule has 0 amide bonds. The Morgan fingerprint density at radius 1 is 0.459 bits per heavy atom. The third-order valence-electron chi connectivity index (χ3n) is 10.9. The van der Waals surface area contributed by atoms with E-state index >= 15 is 0 Å². The summed E-state index contributed by atoms with van der Waals surface area (Å²) in [4.78, 5) is 13.4. The van der Waals surface area contributed by atoms with Gasteiger partial charge in [0, 0.05) is 54.0 Å². The SMILES string of the molecule is CC(C)(CC(CC(C)(C)OCC(C)(C)Oc1ccc2ncccc2c1)OC(C)(C)COC(C)(C)c1ccc2ncccc2c1)OCCC(C)(C)Oc1ccc2ncccc2c1. The van der Waals surface area contributed by atoms with Crippen LogP contribution >= 0.6 is 0 Å². The number of hydrogen-bond acceptors (Lipinski definition) is 9. The smallest absolute Gasteiger partial charge is 0.127 e. The van der Waals surface area contributed by atoms with Gasteiger partial charge in [0.25, 0.3) is 0 Å². The summed E-state index contributed by atoms with van der Waals surface area (Å²) in [6.07, 6.45) is 7.14. The van der Waals surface area contributed by atoms with Crippen molar-refractivity contribution in [3.05, 3.63) is 115 Å². The van der Waals surface area contributed by atoms with E-state index in [1.165, 1.54) is 0 Å². The van der Waals surface area contributed by atoms with Gasteiger partial charge in [-0.1, -0.05) is 24.3 Å². The maximum absolute atomic E-state index is 7.08. The van der Waals surface area contributed by atoms with E-state index in [0.29, 0.717) is 39.1 Å². The van der Waals surface area contributed by atoms with E-state index in [-0.39, 0.29) is 6.10 Å². The second-order valence-electron chi connectivity index (χ2n) is 20.0. The van der Waals surface area contributed by atoms with Crippen LogP contribution in [0, 0.1) is 0 Å². The zero-order valence-corrected chi connectivity index (χ0v) is 38.5. The molecular weight excluding hydrogens is 763 g/mol. The summed E-state index contributed by atoms with van der Waals surface area (Å²) >= 11 is 0. The van der Waals surface area contributed by atoms with Gasteiger partial charge >= 0.3 is 0 Å². The lowest BCUT2D eigenvalue weighted by Crippen LogP contribution is -2.45. The van der Waals surface area contributed by atoms with E-state index in [9.17, 15) is 0 Å². The van der Waals surface area contributed by atoms with Gasteiger partial charge in [0.2, 0.25) is 0 Å². The van der Waals surface area contributed by atoms with E-state index in [1.54, 1.807) is 12.4 Å². The molecule has 3 aromatic heterocycles. The third kappa shape index (κ3) is 13.4. The first-order chi connectivity index (χ1) is 28.6. The molecule has 3 aromatic carbocycles. The summed E-state index contributed by atoms with van der Waals surface area (Å²) in [5.74, 6) is 1.59. The van der Waals surface area contributed by atoms with Crippen molar-refractivity contribution in [2.45, 2.75) is 142 Å². The first-order valence-electron chi connectivity index (χ1n) is 21.6. The van der Waals surface area contributed by atoms with Crippen LogP contribution in [0.15, 0.2) is 110 Å². The van der Waals surface area contributed by atoms with Gasteiger partial charge in [-0.15, -0.1) is 0 Å². The first kappa shape index (κ1) is 45.8. The van der Waals surface area contributed by atoms with Crippen molar-refractivity contribution in [3.8, 4) is 11.5 Å². The lowest BCUT2D eigenvalue weighted by atomic mass is 9.91. The molecule has 326 valence electrons. The molecule has 0 N–H and O–H groups in total. The first-order valence-corrected chi connectivity index (χ1v) is 21.6. The molecule has 6 rings (SSSR count). The molecule has 0 aliphatic carbocycles. The van der Waals surface area contributed by atoms with Crippen LogP contribution in [0.5, 0.6) is 11.5 Å². The summed E-state index contributed by atoms with van der Waals surface area (Å²) in [7, 11) is 0. The highest BCUT2D eigenvalue weighted by Gasteiger charge is 2.37. The Kier molecular flexibility index (Phi) is 13.8. The summed E-state index contributed by atoms with van der Waals surface area (Å²) in [5.41, 5.74) is 0.599. The molecule has 0 saturated heterocycles.